The van der Waals surface area contributed by atoms with Crippen molar-refractivity contribution in [2.45, 2.75) is 38.3 Å². The SMILES string of the molecule is O=C(NC1CCCC1)c1cc2occc2n1Cc1cccc(F)c1. The molecule has 5 heteroatoms. The van der Waals surface area contributed by atoms with Crippen molar-refractivity contribution in [2.24, 2.45) is 0 Å². The Bertz CT molecular complexity index is 875. The van der Waals surface area contributed by atoms with E-state index in [4.69, 9.17) is 4.42 Å². The highest BCUT2D eigenvalue weighted by atomic mass is 19.1. The second-order valence-corrected chi connectivity index (χ2v) is 6.37. The number of fused-ring (bicyclic) bond motifs is 1. The predicted octanol–water partition coefficient (Wildman–Crippen LogP) is 4.09. The Hall–Kier alpha value is -2.56. The molecule has 4 rings (SSSR count). The average molecular weight is 326 g/mol. The molecule has 1 aliphatic carbocycles. The number of halogens is 1. The molecule has 1 amide bonds. The van der Waals surface area contributed by atoms with E-state index >= 15 is 0 Å². The average Bonchev–Trinajstić information content (AvgIpc) is 3.26. The first-order chi connectivity index (χ1) is 11.7. The van der Waals surface area contributed by atoms with Gasteiger partial charge in [-0.15, -0.1) is 0 Å². The van der Waals surface area contributed by atoms with Gasteiger partial charge in [-0.05, 0) is 30.5 Å². The first kappa shape index (κ1) is 15.0. The summed E-state index contributed by atoms with van der Waals surface area (Å²) in [6.07, 6.45) is 6.00. The van der Waals surface area contributed by atoms with Crippen molar-refractivity contribution in [3.8, 4) is 0 Å². The second-order valence-electron chi connectivity index (χ2n) is 6.37. The normalized spacial score (nSPS) is 15.2. The van der Waals surface area contributed by atoms with Crippen LogP contribution in [0.4, 0.5) is 4.39 Å². The molecule has 0 spiro atoms. The van der Waals surface area contributed by atoms with Gasteiger partial charge in [-0.1, -0.05) is 25.0 Å². The highest BCUT2D eigenvalue weighted by Gasteiger charge is 2.22. The van der Waals surface area contributed by atoms with Crippen LogP contribution in [0.3, 0.4) is 0 Å². The van der Waals surface area contributed by atoms with E-state index in [1.807, 2.05) is 16.7 Å². The van der Waals surface area contributed by atoms with Crippen molar-refractivity contribution in [3.63, 3.8) is 0 Å². The number of carbonyl (C=O) groups is 1. The van der Waals surface area contributed by atoms with Crippen LogP contribution in [0, 0.1) is 5.82 Å². The summed E-state index contributed by atoms with van der Waals surface area (Å²) in [7, 11) is 0. The van der Waals surface area contributed by atoms with Gasteiger partial charge >= 0.3 is 0 Å². The molecule has 0 aliphatic heterocycles. The molecule has 0 bridgehead atoms. The van der Waals surface area contributed by atoms with Gasteiger partial charge in [0.25, 0.3) is 5.91 Å². The van der Waals surface area contributed by atoms with Crippen molar-refractivity contribution in [1.29, 1.82) is 0 Å². The highest BCUT2D eigenvalue weighted by Crippen LogP contribution is 2.24. The van der Waals surface area contributed by atoms with Gasteiger partial charge in [0.2, 0.25) is 0 Å². The predicted molar refractivity (Wildman–Crippen MR) is 89.4 cm³/mol. The molecule has 124 valence electrons. The molecule has 1 saturated carbocycles. The van der Waals surface area contributed by atoms with Crippen LogP contribution in [0.2, 0.25) is 0 Å². The number of amides is 1. The topological polar surface area (TPSA) is 47.2 Å². The molecule has 1 aliphatic rings. The maximum atomic E-state index is 13.5. The number of aromatic nitrogens is 1. The second kappa shape index (κ2) is 6.15. The fourth-order valence-corrected chi connectivity index (χ4v) is 3.48. The Morgan fingerprint density at radius 1 is 1.25 bits per heavy atom. The van der Waals surface area contributed by atoms with Crippen LogP contribution in [-0.4, -0.2) is 16.5 Å². The van der Waals surface area contributed by atoms with E-state index in [2.05, 4.69) is 5.32 Å². The number of hydrogen-bond acceptors (Lipinski definition) is 2. The molecule has 2 heterocycles. The van der Waals surface area contributed by atoms with Crippen LogP contribution in [-0.2, 0) is 6.54 Å². The summed E-state index contributed by atoms with van der Waals surface area (Å²) in [6.45, 7) is 0.425. The molecular formula is C19H19FN2O2. The van der Waals surface area contributed by atoms with Crippen LogP contribution in [0.25, 0.3) is 11.1 Å². The van der Waals surface area contributed by atoms with E-state index in [1.54, 1.807) is 18.4 Å². The molecule has 0 saturated heterocycles. The van der Waals surface area contributed by atoms with E-state index in [-0.39, 0.29) is 17.8 Å². The van der Waals surface area contributed by atoms with Gasteiger partial charge in [0.05, 0.1) is 11.8 Å². The van der Waals surface area contributed by atoms with E-state index in [0.717, 1.165) is 36.8 Å². The smallest absolute Gasteiger partial charge is 0.268 e. The lowest BCUT2D eigenvalue weighted by Crippen LogP contribution is -2.34. The van der Waals surface area contributed by atoms with Crippen LogP contribution in [0.5, 0.6) is 0 Å². The molecule has 2 aromatic heterocycles. The van der Waals surface area contributed by atoms with Crippen LogP contribution in [0.15, 0.2) is 47.1 Å². The summed E-state index contributed by atoms with van der Waals surface area (Å²) in [5, 5.41) is 3.11. The van der Waals surface area contributed by atoms with E-state index in [0.29, 0.717) is 17.8 Å². The number of furan rings is 1. The molecule has 0 unspecified atom stereocenters. The van der Waals surface area contributed by atoms with Crippen LogP contribution < -0.4 is 5.32 Å². The van der Waals surface area contributed by atoms with Crippen molar-refractivity contribution in [3.05, 3.63) is 59.7 Å². The molecule has 1 fully saturated rings. The number of rotatable bonds is 4. The van der Waals surface area contributed by atoms with Crippen molar-refractivity contribution < 1.29 is 13.6 Å². The molecule has 1 aromatic carbocycles. The first-order valence-corrected chi connectivity index (χ1v) is 8.33. The van der Waals surface area contributed by atoms with Gasteiger partial charge in [0.1, 0.15) is 11.5 Å². The minimum Gasteiger partial charge on any atom is -0.463 e. The summed E-state index contributed by atoms with van der Waals surface area (Å²) in [6, 6.07) is 10.3. The van der Waals surface area contributed by atoms with Crippen molar-refractivity contribution in [1.82, 2.24) is 9.88 Å². The van der Waals surface area contributed by atoms with E-state index < -0.39 is 0 Å². The summed E-state index contributed by atoms with van der Waals surface area (Å²) in [5.74, 6) is -0.371. The number of nitrogens with zero attached hydrogens (tertiary/aromatic N) is 1. The highest BCUT2D eigenvalue weighted by molar-refractivity contribution is 5.97. The molecule has 0 atom stereocenters. The van der Waals surface area contributed by atoms with Crippen LogP contribution >= 0.6 is 0 Å². The zero-order valence-electron chi connectivity index (χ0n) is 13.3. The zero-order valence-corrected chi connectivity index (χ0v) is 13.3. The monoisotopic (exact) mass is 326 g/mol. The summed E-state index contributed by atoms with van der Waals surface area (Å²) < 4.78 is 20.8. The third kappa shape index (κ3) is 2.82. The zero-order chi connectivity index (χ0) is 16.5. The van der Waals surface area contributed by atoms with Gasteiger partial charge < -0.3 is 14.3 Å². The Kier molecular flexibility index (Phi) is 3.84. The Morgan fingerprint density at radius 2 is 2.08 bits per heavy atom. The minimum absolute atomic E-state index is 0.0929. The van der Waals surface area contributed by atoms with Crippen molar-refractivity contribution in [2.75, 3.05) is 0 Å². The Balaban J connectivity index is 1.67. The van der Waals surface area contributed by atoms with Gasteiger partial charge in [-0.3, -0.25) is 4.79 Å². The van der Waals surface area contributed by atoms with Gasteiger partial charge in [0, 0.05) is 24.7 Å². The van der Waals surface area contributed by atoms with Gasteiger partial charge in [-0.2, -0.15) is 0 Å². The number of hydrogen-bond donors (Lipinski definition) is 1. The molecular weight excluding hydrogens is 307 g/mol. The fourth-order valence-electron chi connectivity index (χ4n) is 3.48. The van der Waals surface area contributed by atoms with E-state index in [9.17, 15) is 9.18 Å². The molecule has 0 radical (unpaired) electrons. The lowest BCUT2D eigenvalue weighted by Gasteiger charge is -2.14. The maximum absolute atomic E-state index is 13.5. The van der Waals surface area contributed by atoms with Gasteiger partial charge in [0.15, 0.2) is 5.58 Å². The minimum atomic E-state index is -0.278. The molecule has 3 aromatic rings. The number of carbonyl (C=O) groups excluding carboxylic acids is 1. The molecule has 1 N–H and O–H groups in total. The van der Waals surface area contributed by atoms with Crippen LogP contribution in [0.1, 0.15) is 41.7 Å². The lowest BCUT2D eigenvalue weighted by atomic mass is 10.2. The molecule has 24 heavy (non-hydrogen) atoms. The first-order valence-electron chi connectivity index (χ1n) is 8.33. The lowest BCUT2D eigenvalue weighted by molar-refractivity contribution is 0.0929. The largest absolute Gasteiger partial charge is 0.463 e. The Morgan fingerprint density at radius 3 is 2.88 bits per heavy atom. The number of benzene rings is 1. The fraction of sp³-hybridized carbons (Fsp3) is 0.316. The van der Waals surface area contributed by atoms with Crippen molar-refractivity contribution >= 4 is 17.0 Å². The third-order valence-electron chi connectivity index (χ3n) is 4.68. The van der Waals surface area contributed by atoms with E-state index in [1.165, 1.54) is 12.1 Å². The number of nitrogens with one attached hydrogen (secondary N) is 1. The molecule has 4 nitrogen and oxygen atoms in total. The van der Waals surface area contributed by atoms with Gasteiger partial charge in [-0.25, -0.2) is 4.39 Å². The Labute approximate surface area is 139 Å². The standard InChI is InChI=1S/C19H19FN2O2/c20-14-5-3-4-13(10-14)12-22-16-8-9-24-18(16)11-17(22)19(23)21-15-6-1-2-7-15/h3-5,8-11,15H,1-2,6-7,12H2,(H,21,23). The third-order valence-corrected chi connectivity index (χ3v) is 4.68. The summed E-state index contributed by atoms with van der Waals surface area (Å²) in [5.41, 5.74) is 2.88. The maximum Gasteiger partial charge on any atom is 0.268 e. The summed E-state index contributed by atoms with van der Waals surface area (Å²) >= 11 is 0. The summed E-state index contributed by atoms with van der Waals surface area (Å²) in [4.78, 5) is 12.7. The quantitative estimate of drug-likeness (QED) is 0.785.